The van der Waals surface area contributed by atoms with E-state index in [1.807, 2.05) is 34.9 Å². The zero-order chi connectivity index (χ0) is 15.7. The fraction of sp³-hybridized carbons (Fsp3) is 0.133. The van der Waals surface area contributed by atoms with Gasteiger partial charge in [-0.1, -0.05) is 30.3 Å². The summed E-state index contributed by atoms with van der Waals surface area (Å²) >= 11 is 1.23. The van der Waals surface area contributed by atoms with Crippen molar-refractivity contribution in [2.45, 2.75) is 12.9 Å². The van der Waals surface area contributed by atoms with Crippen LogP contribution < -0.4 is 32.0 Å². The first-order valence-corrected chi connectivity index (χ1v) is 7.25. The van der Waals surface area contributed by atoms with E-state index in [1.54, 1.807) is 6.07 Å². The predicted molar refractivity (Wildman–Crippen MR) is 78.7 cm³/mol. The molecule has 1 aromatic heterocycles. The molecule has 0 bridgehead atoms. The summed E-state index contributed by atoms with van der Waals surface area (Å²) in [6, 6.07) is 13.9. The first-order chi connectivity index (χ1) is 10.4. The fourth-order valence-electron chi connectivity index (χ4n) is 2.21. The average Bonchev–Trinajstić information content (AvgIpc) is 2.74. The number of hydrogen-bond donors (Lipinski definition) is 1. The number of nitrogens with two attached hydrogens (primary N) is 1. The smallest absolute Gasteiger partial charge is 0.573 e. The molecule has 3 aromatic rings. The van der Waals surface area contributed by atoms with Crippen LogP contribution in [0.5, 0.6) is 5.75 Å². The Morgan fingerprint density at radius 3 is 2.43 bits per heavy atom. The molecule has 2 N–H and O–H groups in total. The Morgan fingerprint density at radius 1 is 1.09 bits per heavy atom. The van der Waals surface area contributed by atoms with Crippen molar-refractivity contribution in [3.05, 3.63) is 54.1 Å². The van der Waals surface area contributed by atoms with Gasteiger partial charge in [0.15, 0.2) is 0 Å². The molecule has 0 aliphatic heterocycles. The van der Waals surface area contributed by atoms with E-state index in [1.165, 1.54) is 23.5 Å². The van der Waals surface area contributed by atoms with Crippen LogP contribution in [0.2, 0.25) is 0 Å². The van der Waals surface area contributed by atoms with Crippen LogP contribution in [0.15, 0.2) is 48.5 Å². The molecule has 8 heteroatoms. The van der Waals surface area contributed by atoms with Crippen LogP contribution >= 0.6 is 11.3 Å². The van der Waals surface area contributed by atoms with E-state index in [-0.39, 0.29) is 22.7 Å². The van der Waals surface area contributed by atoms with Crippen molar-refractivity contribution in [1.82, 2.24) is 0 Å². The normalized spacial score (nSPS) is 11.3. The maximum absolute atomic E-state index is 12.3. The van der Waals surface area contributed by atoms with E-state index in [2.05, 4.69) is 4.74 Å². The molecule has 0 saturated heterocycles. The number of nitrogen functional groups attached to an aromatic ring is 1. The Balaban J connectivity index is 0.00000192. The monoisotopic (exact) mass is 404 g/mol. The van der Waals surface area contributed by atoms with Crippen LogP contribution in [0.25, 0.3) is 10.2 Å². The van der Waals surface area contributed by atoms with Crippen molar-refractivity contribution in [3.8, 4) is 5.75 Å². The third-order valence-electron chi connectivity index (χ3n) is 3.12. The van der Waals surface area contributed by atoms with Crippen molar-refractivity contribution in [3.63, 3.8) is 0 Å². The van der Waals surface area contributed by atoms with Crippen molar-refractivity contribution in [1.29, 1.82) is 0 Å². The summed E-state index contributed by atoms with van der Waals surface area (Å²) in [6.45, 7) is 0.562. The molecule has 0 spiro atoms. The fourth-order valence-corrected chi connectivity index (χ4v) is 3.17. The molecule has 0 radical (unpaired) electrons. The second kappa shape index (κ2) is 6.76. The number of rotatable bonds is 3. The van der Waals surface area contributed by atoms with Gasteiger partial charge in [0, 0.05) is 6.07 Å². The lowest BCUT2D eigenvalue weighted by atomic mass is 10.2. The van der Waals surface area contributed by atoms with Gasteiger partial charge in [0.2, 0.25) is 0 Å². The van der Waals surface area contributed by atoms with Gasteiger partial charge in [-0.15, -0.1) is 13.2 Å². The Morgan fingerprint density at radius 2 is 1.78 bits per heavy atom. The van der Waals surface area contributed by atoms with Gasteiger partial charge in [0.05, 0.1) is 4.70 Å². The maximum Gasteiger partial charge on any atom is 0.573 e. The summed E-state index contributed by atoms with van der Waals surface area (Å²) in [6.07, 6.45) is -4.70. The van der Waals surface area contributed by atoms with Crippen molar-refractivity contribution in [2.75, 3.05) is 5.73 Å². The van der Waals surface area contributed by atoms with Crippen molar-refractivity contribution < 1.29 is 39.5 Å². The number of alkyl halides is 3. The SMILES string of the molecule is Nc1sc2cc(OC(F)(F)F)ccc2[n+]1Cc1ccccc1.[Br-]. The van der Waals surface area contributed by atoms with Crippen LogP contribution in [0.1, 0.15) is 5.56 Å². The lowest BCUT2D eigenvalue weighted by Gasteiger charge is -2.08. The highest BCUT2D eigenvalue weighted by Crippen LogP contribution is 2.29. The average molecular weight is 405 g/mol. The van der Waals surface area contributed by atoms with Crippen LogP contribution in [0.3, 0.4) is 0 Å². The van der Waals surface area contributed by atoms with E-state index < -0.39 is 6.36 Å². The number of aromatic nitrogens is 1. The van der Waals surface area contributed by atoms with Crippen molar-refractivity contribution >= 4 is 26.7 Å². The first-order valence-electron chi connectivity index (χ1n) is 6.44. The molecular formula is C15H12BrF3N2OS. The summed E-state index contributed by atoms with van der Waals surface area (Å²) < 4.78 is 43.2. The van der Waals surface area contributed by atoms with E-state index in [9.17, 15) is 13.2 Å². The number of hydrogen-bond acceptors (Lipinski definition) is 3. The summed E-state index contributed by atoms with van der Waals surface area (Å²) in [5.74, 6) is -0.242. The summed E-state index contributed by atoms with van der Waals surface area (Å²) in [7, 11) is 0. The number of nitrogens with zero attached hydrogens (tertiary/aromatic N) is 1. The third-order valence-corrected chi connectivity index (χ3v) is 4.10. The highest BCUT2D eigenvalue weighted by atomic mass is 79.9. The number of ether oxygens (including phenoxy) is 1. The largest absolute Gasteiger partial charge is 1.00 e. The predicted octanol–water partition coefficient (Wildman–Crippen LogP) is 0.722. The zero-order valence-corrected chi connectivity index (χ0v) is 14.1. The van der Waals surface area contributed by atoms with Gasteiger partial charge < -0.3 is 21.7 Å². The van der Waals surface area contributed by atoms with Crippen molar-refractivity contribution in [2.24, 2.45) is 0 Å². The molecule has 0 aliphatic carbocycles. The molecule has 122 valence electrons. The number of anilines is 1. The van der Waals surface area contributed by atoms with Gasteiger partial charge in [-0.25, -0.2) is 4.57 Å². The molecule has 0 unspecified atom stereocenters. The molecule has 0 aliphatic rings. The standard InChI is InChI=1S/C15H11F3N2OS.BrH/c16-15(17,18)21-11-6-7-12-13(8-11)22-14(19)20(12)9-10-4-2-1-3-5-10;/h1-8,19H,9H2;1H. The number of thiazole rings is 1. The van der Waals surface area contributed by atoms with E-state index >= 15 is 0 Å². The van der Waals surface area contributed by atoms with E-state index in [4.69, 9.17) is 5.73 Å². The Labute approximate surface area is 144 Å². The van der Waals surface area contributed by atoms with Gasteiger partial charge in [0.1, 0.15) is 17.8 Å². The second-order valence-electron chi connectivity index (χ2n) is 4.69. The number of fused-ring (bicyclic) bond motifs is 1. The molecule has 0 saturated carbocycles. The van der Waals surface area contributed by atoms with Crippen LogP contribution in [0, 0.1) is 0 Å². The second-order valence-corrected chi connectivity index (χ2v) is 5.75. The van der Waals surface area contributed by atoms with Crippen LogP contribution in [-0.2, 0) is 6.54 Å². The molecule has 0 fully saturated rings. The molecule has 0 amide bonds. The Hall–Kier alpha value is -1.80. The minimum absolute atomic E-state index is 0. The molecule has 3 nitrogen and oxygen atoms in total. The molecule has 2 aromatic carbocycles. The minimum Gasteiger partial charge on any atom is -1.00 e. The van der Waals surface area contributed by atoms with Gasteiger partial charge >= 0.3 is 11.5 Å². The number of halogens is 4. The summed E-state index contributed by atoms with van der Waals surface area (Å²) in [5.41, 5.74) is 7.84. The van der Waals surface area contributed by atoms with Crippen LogP contribution in [-0.4, -0.2) is 6.36 Å². The highest BCUT2D eigenvalue weighted by molar-refractivity contribution is 7.21. The van der Waals surface area contributed by atoms with Crippen LogP contribution in [0.4, 0.5) is 18.3 Å². The Kier molecular flexibility index (Phi) is 5.16. The Bertz CT molecular complexity index is 806. The zero-order valence-electron chi connectivity index (χ0n) is 11.7. The van der Waals surface area contributed by atoms with E-state index in [0.29, 0.717) is 16.4 Å². The number of benzene rings is 2. The lowest BCUT2D eigenvalue weighted by Crippen LogP contribution is -3.00. The molecular weight excluding hydrogens is 393 g/mol. The minimum atomic E-state index is -4.70. The van der Waals surface area contributed by atoms with Gasteiger partial charge in [-0.05, 0) is 29.0 Å². The quantitative estimate of drug-likeness (QED) is 0.653. The molecule has 3 rings (SSSR count). The first kappa shape index (κ1) is 17.6. The topological polar surface area (TPSA) is 39.1 Å². The highest BCUT2D eigenvalue weighted by Gasteiger charge is 2.31. The maximum atomic E-state index is 12.3. The molecule has 0 atom stereocenters. The summed E-state index contributed by atoms with van der Waals surface area (Å²) in [5, 5.41) is 0.531. The molecule has 23 heavy (non-hydrogen) atoms. The van der Waals surface area contributed by atoms with Gasteiger partial charge in [-0.2, -0.15) is 0 Å². The van der Waals surface area contributed by atoms with Gasteiger partial charge in [0.25, 0.3) is 0 Å². The van der Waals surface area contributed by atoms with E-state index in [0.717, 1.165) is 11.1 Å². The molecule has 1 heterocycles. The summed E-state index contributed by atoms with van der Waals surface area (Å²) in [4.78, 5) is 0. The third kappa shape index (κ3) is 4.14. The lowest BCUT2D eigenvalue weighted by molar-refractivity contribution is -0.644. The van der Waals surface area contributed by atoms with Gasteiger partial charge in [-0.3, -0.25) is 5.73 Å².